The van der Waals surface area contributed by atoms with E-state index in [0.29, 0.717) is 13.0 Å². The van der Waals surface area contributed by atoms with Crippen LogP contribution in [0.1, 0.15) is 32.1 Å². The molecule has 2 aromatic carbocycles. The third kappa shape index (κ3) is 3.67. The minimum atomic E-state index is -0.670. The number of nitrogens with one attached hydrogen (secondary N) is 1. The first-order valence-corrected chi connectivity index (χ1v) is 10.6. The van der Waals surface area contributed by atoms with Gasteiger partial charge in [-0.2, -0.15) is 0 Å². The number of carbonyl (C=O) groups is 2. The van der Waals surface area contributed by atoms with Crippen molar-refractivity contribution in [1.82, 2.24) is 14.9 Å². The van der Waals surface area contributed by atoms with Crippen molar-refractivity contribution in [3.05, 3.63) is 58.8 Å². The van der Waals surface area contributed by atoms with Crippen LogP contribution in [0.3, 0.4) is 0 Å². The maximum absolute atomic E-state index is 12.9. The number of benzene rings is 2. The molecule has 7 heteroatoms. The first kappa shape index (κ1) is 19.6. The molecule has 3 aromatic rings. The Balaban J connectivity index is 1.50. The lowest BCUT2D eigenvalue weighted by Gasteiger charge is -2.19. The minimum absolute atomic E-state index is 0.156. The number of imidazole rings is 1. The largest absolute Gasteiger partial charge is 0.346 e. The Hall–Kier alpha value is -2.67. The number of amides is 2. The highest BCUT2D eigenvalue weighted by molar-refractivity contribution is 9.10. The van der Waals surface area contributed by atoms with Gasteiger partial charge in [0.15, 0.2) is 0 Å². The molecule has 2 atom stereocenters. The number of nitrogens with zero attached hydrogens (tertiary/aromatic N) is 3. The molecule has 0 aliphatic carbocycles. The fourth-order valence-corrected chi connectivity index (χ4v) is 4.35. The van der Waals surface area contributed by atoms with Crippen LogP contribution in [0.15, 0.2) is 53.0 Å². The Bertz CT molecular complexity index is 1080. The molecule has 1 aliphatic heterocycles. The zero-order valence-electron chi connectivity index (χ0n) is 16.4. The zero-order valence-corrected chi connectivity index (χ0v) is 18.0. The van der Waals surface area contributed by atoms with Gasteiger partial charge in [0.1, 0.15) is 11.7 Å². The number of para-hydroxylation sites is 2. The van der Waals surface area contributed by atoms with Gasteiger partial charge in [-0.15, -0.1) is 0 Å². The lowest BCUT2D eigenvalue weighted by atomic mass is 10.1. The van der Waals surface area contributed by atoms with E-state index in [-0.39, 0.29) is 17.9 Å². The van der Waals surface area contributed by atoms with E-state index in [1.54, 1.807) is 4.90 Å². The molecule has 150 valence electrons. The normalized spacial score (nSPS) is 17.7. The van der Waals surface area contributed by atoms with Crippen LogP contribution in [-0.4, -0.2) is 27.9 Å². The number of fused-ring (bicyclic) bond motifs is 1. The summed E-state index contributed by atoms with van der Waals surface area (Å²) in [5.41, 5.74) is 2.76. The van der Waals surface area contributed by atoms with E-state index in [4.69, 9.17) is 4.98 Å². The van der Waals surface area contributed by atoms with Crippen LogP contribution in [0.2, 0.25) is 0 Å². The van der Waals surface area contributed by atoms with E-state index in [1.165, 1.54) is 0 Å². The van der Waals surface area contributed by atoms with Crippen molar-refractivity contribution in [3.63, 3.8) is 0 Å². The van der Waals surface area contributed by atoms with Crippen LogP contribution < -0.4 is 10.2 Å². The summed E-state index contributed by atoms with van der Waals surface area (Å²) in [5.74, 6) is -0.265. The average molecular weight is 455 g/mol. The SMILES string of the molecule is CCn1c(C(C)NC(=O)C2CCN(c3cccc(Br)c3)C2=O)nc2ccccc21. The van der Waals surface area contributed by atoms with E-state index in [1.807, 2.05) is 55.5 Å². The number of carbonyl (C=O) groups excluding carboxylic acids is 2. The third-order valence-electron chi connectivity index (χ3n) is 5.39. The van der Waals surface area contributed by atoms with Crippen LogP contribution in [0.5, 0.6) is 0 Å². The van der Waals surface area contributed by atoms with Crippen molar-refractivity contribution in [1.29, 1.82) is 0 Å². The molecule has 0 saturated carbocycles. The van der Waals surface area contributed by atoms with Gasteiger partial charge >= 0.3 is 0 Å². The fraction of sp³-hybridized carbons (Fsp3) is 0.318. The summed E-state index contributed by atoms with van der Waals surface area (Å²) >= 11 is 3.43. The number of hydrogen-bond acceptors (Lipinski definition) is 3. The predicted molar refractivity (Wildman–Crippen MR) is 117 cm³/mol. The standard InChI is InChI=1S/C22H23BrN4O2/c1-3-26-19-10-5-4-9-18(19)25-20(26)14(2)24-21(28)17-11-12-27(22(17)29)16-8-6-7-15(23)13-16/h4-10,13-14,17H,3,11-12H2,1-2H3,(H,24,28). The summed E-state index contributed by atoms with van der Waals surface area (Å²) in [6.07, 6.45) is 0.508. The molecule has 2 amide bonds. The number of halogens is 1. The molecule has 1 N–H and O–H groups in total. The summed E-state index contributed by atoms with van der Waals surface area (Å²) in [6, 6.07) is 15.2. The van der Waals surface area contributed by atoms with Crippen molar-refractivity contribution in [2.75, 3.05) is 11.4 Å². The van der Waals surface area contributed by atoms with E-state index >= 15 is 0 Å². The Morgan fingerprint density at radius 3 is 2.83 bits per heavy atom. The molecule has 0 radical (unpaired) electrons. The van der Waals surface area contributed by atoms with Crippen LogP contribution in [-0.2, 0) is 16.1 Å². The Labute approximate surface area is 178 Å². The predicted octanol–water partition coefficient (Wildman–Crippen LogP) is 4.05. The molecule has 6 nitrogen and oxygen atoms in total. The van der Waals surface area contributed by atoms with Gasteiger partial charge in [0.05, 0.1) is 17.1 Å². The van der Waals surface area contributed by atoms with Gasteiger partial charge in [-0.05, 0) is 50.6 Å². The number of aryl methyl sites for hydroxylation is 1. The van der Waals surface area contributed by atoms with Crippen LogP contribution >= 0.6 is 15.9 Å². The summed E-state index contributed by atoms with van der Waals surface area (Å²) in [7, 11) is 0. The van der Waals surface area contributed by atoms with Crippen molar-refractivity contribution in [2.24, 2.45) is 5.92 Å². The quantitative estimate of drug-likeness (QED) is 0.591. The fourth-order valence-electron chi connectivity index (χ4n) is 3.96. The van der Waals surface area contributed by atoms with Gasteiger partial charge < -0.3 is 14.8 Å². The van der Waals surface area contributed by atoms with Crippen molar-refractivity contribution in [3.8, 4) is 0 Å². The molecular weight excluding hydrogens is 432 g/mol. The Morgan fingerprint density at radius 1 is 1.28 bits per heavy atom. The van der Waals surface area contributed by atoms with Gasteiger partial charge in [-0.25, -0.2) is 4.98 Å². The number of aromatic nitrogens is 2. The van der Waals surface area contributed by atoms with E-state index in [9.17, 15) is 9.59 Å². The molecule has 0 spiro atoms. The van der Waals surface area contributed by atoms with Crippen molar-refractivity contribution < 1.29 is 9.59 Å². The first-order valence-electron chi connectivity index (χ1n) is 9.82. The monoisotopic (exact) mass is 454 g/mol. The smallest absolute Gasteiger partial charge is 0.239 e. The second kappa shape index (κ2) is 7.99. The third-order valence-corrected chi connectivity index (χ3v) is 5.88. The Morgan fingerprint density at radius 2 is 2.07 bits per heavy atom. The van der Waals surface area contributed by atoms with Crippen LogP contribution in [0, 0.1) is 5.92 Å². The maximum atomic E-state index is 12.9. The van der Waals surface area contributed by atoms with E-state index in [2.05, 4.69) is 32.7 Å². The van der Waals surface area contributed by atoms with Gasteiger partial charge in [0, 0.05) is 23.2 Å². The molecular formula is C22H23BrN4O2. The zero-order chi connectivity index (χ0) is 20.5. The average Bonchev–Trinajstić information content (AvgIpc) is 3.28. The molecule has 2 heterocycles. The van der Waals surface area contributed by atoms with Gasteiger partial charge in [0.2, 0.25) is 11.8 Å². The topological polar surface area (TPSA) is 67.2 Å². The second-order valence-electron chi connectivity index (χ2n) is 7.24. The highest BCUT2D eigenvalue weighted by atomic mass is 79.9. The summed E-state index contributed by atoms with van der Waals surface area (Å²) in [4.78, 5) is 32.1. The lowest BCUT2D eigenvalue weighted by molar-refractivity contribution is -0.132. The second-order valence-corrected chi connectivity index (χ2v) is 8.16. The Kier molecular flexibility index (Phi) is 5.41. The van der Waals surface area contributed by atoms with Crippen molar-refractivity contribution in [2.45, 2.75) is 32.9 Å². The molecule has 1 aromatic heterocycles. The molecule has 1 saturated heterocycles. The number of hydrogen-bond donors (Lipinski definition) is 1. The number of rotatable bonds is 5. The van der Waals surface area contributed by atoms with E-state index < -0.39 is 5.92 Å². The van der Waals surface area contributed by atoms with Gasteiger partial charge in [-0.1, -0.05) is 34.1 Å². The van der Waals surface area contributed by atoms with Gasteiger partial charge in [-0.3, -0.25) is 9.59 Å². The first-order chi connectivity index (χ1) is 14.0. The number of anilines is 1. The van der Waals surface area contributed by atoms with Crippen LogP contribution in [0.4, 0.5) is 5.69 Å². The minimum Gasteiger partial charge on any atom is -0.346 e. The summed E-state index contributed by atoms with van der Waals surface area (Å²) in [6.45, 7) is 5.27. The molecule has 29 heavy (non-hydrogen) atoms. The molecule has 1 fully saturated rings. The molecule has 2 unspecified atom stereocenters. The summed E-state index contributed by atoms with van der Waals surface area (Å²) in [5, 5.41) is 3.01. The highest BCUT2D eigenvalue weighted by Crippen LogP contribution is 2.28. The summed E-state index contributed by atoms with van der Waals surface area (Å²) < 4.78 is 3.01. The van der Waals surface area contributed by atoms with Gasteiger partial charge in [0.25, 0.3) is 0 Å². The molecule has 0 bridgehead atoms. The highest BCUT2D eigenvalue weighted by Gasteiger charge is 2.38. The van der Waals surface area contributed by atoms with E-state index in [0.717, 1.165) is 33.6 Å². The van der Waals surface area contributed by atoms with Crippen molar-refractivity contribution >= 4 is 44.5 Å². The lowest BCUT2D eigenvalue weighted by Crippen LogP contribution is -2.38. The molecule has 1 aliphatic rings. The van der Waals surface area contributed by atoms with Crippen LogP contribution in [0.25, 0.3) is 11.0 Å². The maximum Gasteiger partial charge on any atom is 0.239 e. The molecule has 4 rings (SSSR count).